The van der Waals surface area contributed by atoms with Crippen LogP contribution >= 0.6 is 15.9 Å². The lowest BCUT2D eigenvalue weighted by Crippen LogP contribution is -2.18. The van der Waals surface area contributed by atoms with E-state index >= 15 is 0 Å². The molecular weight excluding hydrogens is 306 g/mol. The molecule has 4 heteroatoms. The smallest absolute Gasteiger partial charge is 0.133 e. The van der Waals surface area contributed by atoms with Crippen molar-refractivity contribution >= 4 is 15.9 Å². The van der Waals surface area contributed by atoms with Crippen LogP contribution in [-0.4, -0.2) is 26.9 Å². The Labute approximate surface area is 124 Å². The van der Waals surface area contributed by atoms with Crippen LogP contribution in [0.4, 0.5) is 0 Å². The van der Waals surface area contributed by atoms with Crippen LogP contribution in [0.1, 0.15) is 25.8 Å². The molecule has 0 saturated heterocycles. The zero-order valence-electron chi connectivity index (χ0n) is 12.0. The number of rotatable bonds is 9. The molecule has 1 aromatic rings. The lowest BCUT2D eigenvalue weighted by atomic mass is 10.2. The molecule has 19 heavy (non-hydrogen) atoms. The van der Waals surface area contributed by atoms with Gasteiger partial charge in [0.15, 0.2) is 0 Å². The van der Waals surface area contributed by atoms with E-state index in [1.807, 2.05) is 6.07 Å². The summed E-state index contributed by atoms with van der Waals surface area (Å²) in [6.45, 7) is 7.75. The third-order valence-corrected chi connectivity index (χ3v) is 3.25. The van der Waals surface area contributed by atoms with Gasteiger partial charge in [0.1, 0.15) is 5.75 Å². The molecule has 108 valence electrons. The molecule has 0 amide bonds. The maximum Gasteiger partial charge on any atom is 0.133 e. The number of nitrogens with one attached hydrogen (secondary N) is 1. The van der Waals surface area contributed by atoms with Crippen molar-refractivity contribution in [2.24, 2.45) is 5.92 Å². The summed E-state index contributed by atoms with van der Waals surface area (Å²) in [5, 5.41) is 3.43. The van der Waals surface area contributed by atoms with Gasteiger partial charge in [-0.3, -0.25) is 0 Å². The summed E-state index contributed by atoms with van der Waals surface area (Å²) < 4.78 is 11.7. The van der Waals surface area contributed by atoms with E-state index in [0.717, 1.165) is 36.3 Å². The van der Waals surface area contributed by atoms with E-state index in [1.54, 1.807) is 7.11 Å². The normalized spacial score (nSPS) is 11.0. The van der Waals surface area contributed by atoms with E-state index in [2.05, 4.69) is 47.2 Å². The average Bonchev–Trinajstić information content (AvgIpc) is 2.36. The van der Waals surface area contributed by atoms with Crippen molar-refractivity contribution in [1.29, 1.82) is 0 Å². The van der Waals surface area contributed by atoms with Crippen LogP contribution in [0.25, 0.3) is 0 Å². The van der Waals surface area contributed by atoms with Gasteiger partial charge in [-0.2, -0.15) is 0 Å². The van der Waals surface area contributed by atoms with Crippen LogP contribution < -0.4 is 10.1 Å². The quantitative estimate of drug-likeness (QED) is 0.702. The summed E-state index contributed by atoms with van der Waals surface area (Å²) in [6.07, 6.45) is 0.903. The highest BCUT2D eigenvalue weighted by atomic mass is 79.9. The summed E-state index contributed by atoms with van der Waals surface area (Å²) in [6, 6.07) is 6.23. The maximum absolute atomic E-state index is 5.69. The van der Waals surface area contributed by atoms with E-state index < -0.39 is 0 Å². The molecule has 1 N–H and O–H groups in total. The molecule has 1 aromatic carbocycles. The van der Waals surface area contributed by atoms with Crippen molar-refractivity contribution in [3.8, 4) is 5.75 Å². The molecule has 0 aliphatic heterocycles. The van der Waals surface area contributed by atoms with Crippen LogP contribution in [0.3, 0.4) is 0 Å². The van der Waals surface area contributed by atoms with E-state index in [9.17, 15) is 0 Å². The van der Waals surface area contributed by atoms with Gasteiger partial charge < -0.3 is 14.8 Å². The third kappa shape index (κ3) is 6.95. The van der Waals surface area contributed by atoms with Gasteiger partial charge in [0.05, 0.1) is 11.1 Å². The van der Waals surface area contributed by atoms with E-state index in [4.69, 9.17) is 9.47 Å². The van der Waals surface area contributed by atoms with Crippen molar-refractivity contribution in [3.63, 3.8) is 0 Å². The summed E-state index contributed by atoms with van der Waals surface area (Å²) in [5.41, 5.74) is 1.26. The molecule has 0 heterocycles. The number of halogens is 1. The van der Waals surface area contributed by atoms with Crippen LogP contribution in [0.5, 0.6) is 5.75 Å². The van der Waals surface area contributed by atoms with Crippen molar-refractivity contribution in [2.75, 3.05) is 26.9 Å². The Morgan fingerprint density at radius 1 is 1.26 bits per heavy atom. The maximum atomic E-state index is 5.69. The van der Waals surface area contributed by atoms with Crippen molar-refractivity contribution in [1.82, 2.24) is 5.32 Å². The van der Waals surface area contributed by atoms with Crippen LogP contribution in [0.15, 0.2) is 22.7 Å². The molecule has 0 saturated carbocycles. The summed E-state index contributed by atoms with van der Waals surface area (Å²) in [7, 11) is 1.70. The predicted octanol–water partition coefficient (Wildman–Crippen LogP) is 3.61. The summed E-state index contributed by atoms with van der Waals surface area (Å²) >= 11 is 3.55. The van der Waals surface area contributed by atoms with Crippen LogP contribution in [-0.2, 0) is 11.3 Å². The molecule has 1 rings (SSSR count). The number of ether oxygens (including phenoxy) is 2. The van der Waals surface area contributed by atoms with Gasteiger partial charge in [0.25, 0.3) is 0 Å². The highest BCUT2D eigenvalue weighted by Gasteiger charge is 2.03. The summed E-state index contributed by atoms with van der Waals surface area (Å²) in [5.74, 6) is 1.57. The zero-order chi connectivity index (χ0) is 14.1. The second-order valence-electron chi connectivity index (χ2n) is 4.98. The van der Waals surface area contributed by atoms with Gasteiger partial charge in [-0.15, -0.1) is 0 Å². The molecule has 0 bridgehead atoms. The fourth-order valence-electron chi connectivity index (χ4n) is 1.66. The topological polar surface area (TPSA) is 30.5 Å². The molecule has 0 fully saturated rings. The summed E-state index contributed by atoms with van der Waals surface area (Å²) in [4.78, 5) is 0. The lowest BCUT2D eigenvalue weighted by Gasteiger charge is -2.11. The van der Waals surface area contributed by atoms with Gasteiger partial charge in [0.2, 0.25) is 0 Å². The van der Waals surface area contributed by atoms with Crippen molar-refractivity contribution in [3.05, 3.63) is 28.2 Å². The minimum atomic E-state index is 0.673. The highest BCUT2D eigenvalue weighted by molar-refractivity contribution is 9.10. The molecule has 3 nitrogen and oxygen atoms in total. The van der Waals surface area contributed by atoms with Crippen LogP contribution in [0, 0.1) is 5.92 Å². The largest absolute Gasteiger partial charge is 0.492 e. The van der Waals surface area contributed by atoms with Gasteiger partial charge in [0, 0.05) is 26.7 Å². The van der Waals surface area contributed by atoms with E-state index in [1.165, 1.54) is 5.56 Å². The zero-order valence-corrected chi connectivity index (χ0v) is 13.6. The SMILES string of the molecule is COCCCOc1ccc(CNCC(C)C)cc1Br. The Morgan fingerprint density at radius 3 is 2.68 bits per heavy atom. The number of hydrogen-bond acceptors (Lipinski definition) is 3. The minimum absolute atomic E-state index is 0.673. The molecule has 0 aliphatic rings. The Hall–Kier alpha value is -0.580. The Bertz CT molecular complexity index is 369. The fraction of sp³-hybridized carbons (Fsp3) is 0.600. The van der Waals surface area contributed by atoms with E-state index in [0.29, 0.717) is 12.5 Å². The first-order valence-corrected chi connectivity index (χ1v) is 7.53. The van der Waals surface area contributed by atoms with Gasteiger partial charge >= 0.3 is 0 Å². The minimum Gasteiger partial charge on any atom is -0.492 e. The van der Waals surface area contributed by atoms with Crippen LogP contribution in [0.2, 0.25) is 0 Å². The van der Waals surface area contributed by atoms with Gasteiger partial charge in [-0.1, -0.05) is 19.9 Å². The number of hydrogen-bond donors (Lipinski definition) is 1. The number of benzene rings is 1. The van der Waals surface area contributed by atoms with Gasteiger partial charge in [-0.05, 0) is 46.1 Å². The Kier molecular flexibility index (Phi) is 8.10. The first-order valence-electron chi connectivity index (χ1n) is 6.74. The fourth-order valence-corrected chi connectivity index (χ4v) is 2.20. The lowest BCUT2D eigenvalue weighted by molar-refractivity contribution is 0.172. The monoisotopic (exact) mass is 329 g/mol. The van der Waals surface area contributed by atoms with Crippen molar-refractivity contribution < 1.29 is 9.47 Å². The standard InChI is InChI=1S/C15H24BrNO2/c1-12(2)10-17-11-13-5-6-15(14(16)9-13)19-8-4-7-18-3/h5-6,9,12,17H,4,7-8,10-11H2,1-3H3. The third-order valence-electron chi connectivity index (χ3n) is 2.63. The second kappa shape index (κ2) is 9.34. The first-order chi connectivity index (χ1) is 9.13. The predicted molar refractivity (Wildman–Crippen MR) is 82.7 cm³/mol. The molecular formula is C15H24BrNO2. The average molecular weight is 330 g/mol. The van der Waals surface area contributed by atoms with Crippen molar-refractivity contribution in [2.45, 2.75) is 26.8 Å². The number of methoxy groups -OCH3 is 1. The Balaban J connectivity index is 2.40. The molecule has 0 atom stereocenters. The molecule has 0 spiro atoms. The first kappa shape index (κ1) is 16.5. The van der Waals surface area contributed by atoms with Gasteiger partial charge in [-0.25, -0.2) is 0 Å². The second-order valence-corrected chi connectivity index (χ2v) is 5.84. The molecule has 0 aliphatic carbocycles. The highest BCUT2D eigenvalue weighted by Crippen LogP contribution is 2.26. The van der Waals surface area contributed by atoms with E-state index in [-0.39, 0.29) is 0 Å². The Morgan fingerprint density at radius 2 is 2.05 bits per heavy atom. The molecule has 0 aromatic heterocycles. The molecule has 0 radical (unpaired) electrons. The molecule has 0 unspecified atom stereocenters.